The van der Waals surface area contributed by atoms with Gasteiger partial charge in [-0.2, -0.15) is 0 Å². The molecule has 0 aliphatic rings. The Morgan fingerprint density at radius 1 is 0.213 bits per heavy atom. The Hall–Kier alpha value is -9.96. The summed E-state index contributed by atoms with van der Waals surface area (Å²) in [7, 11) is 0. The van der Waals surface area contributed by atoms with Crippen LogP contribution >= 0.6 is 0 Å². The van der Waals surface area contributed by atoms with Gasteiger partial charge in [0.05, 0.1) is 22.7 Å². The third-order valence-electron chi connectivity index (χ3n) is 15.3. The molecule has 0 aliphatic carbocycles. The molecule has 0 N–H and O–H groups in total. The summed E-state index contributed by atoms with van der Waals surface area (Å²) in [5, 5.41) is 16.3. The Bertz CT molecular complexity index is 4420. The van der Waals surface area contributed by atoms with Gasteiger partial charge in [-0.3, -0.25) is 0 Å². The van der Waals surface area contributed by atoms with Crippen LogP contribution in [0.2, 0.25) is 0 Å². The third kappa shape index (κ3) is 7.12. The molecule has 0 atom stereocenters. The minimum absolute atomic E-state index is 0.860. The van der Waals surface area contributed by atoms with Crippen LogP contribution in [-0.2, 0) is 0 Å². The molecule has 0 spiro atoms. The van der Waals surface area contributed by atoms with Crippen molar-refractivity contribution in [2.24, 2.45) is 0 Å². The van der Waals surface area contributed by atoms with Crippen LogP contribution in [0.5, 0.6) is 0 Å². The summed E-state index contributed by atoms with van der Waals surface area (Å²) >= 11 is 0. The molecule has 75 heavy (non-hydrogen) atoms. The zero-order valence-electron chi connectivity index (χ0n) is 40.9. The monoisotopic (exact) mass is 954 g/mol. The van der Waals surface area contributed by atoms with Crippen molar-refractivity contribution in [3.63, 3.8) is 0 Å². The smallest absolute Gasteiger partial charge is 0.136 e. The van der Waals surface area contributed by atoms with Crippen molar-refractivity contribution in [3.05, 3.63) is 279 Å². The van der Waals surface area contributed by atoms with E-state index < -0.39 is 0 Å². The Labute approximate surface area is 434 Å². The van der Waals surface area contributed by atoms with Crippen LogP contribution < -0.4 is 9.80 Å². The summed E-state index contributed by atoms with van der Waals surface area (Å²) in [6.45, 7) is 0. The van der Waals surface area contributed by atoms with E-state index in [4.69, 9.17) is 4.42 Å². The molecule has 0 saturated carbocycles. The van der Waals surface area contributed by atoms with Crippen molar-refractivity contribution in [1.82, 2.24) is 0 Å². The lowest BCUT2D eigenvalue weighted by atomic mass is 9.94. The van der Waals surface area contributed by atoms with Gasteiger partial charge >= 0.3 is 0 Å². The van der Waals surface area contributed by atoms with Crippen LogP contribution in [0, 0.1) is 0 Å². The second kappa shape index (κ2) is 17.4. The maximum absolute atomic E-state index is 6.95. The lowest BCUT2D eigenvalue weighted by molar-refractivity contribution is 0.670. The van der Waals surface area contributed by atoms with Gasteiger partial charge in [-0.25, -0.2) is 0 Å². The van der Waals surface area contributed by atoms with Crippen molar-refractivity contribution in [3.8, 4) is 22.3 Å². The van der Waals surface area contributed by atoms with Crippen LogP contribution in [0.3, 0.4) is 0 Å². The van der Waals surface area contributed by atoms with E-state index in [2.05, 4.69) is 289 Å². The fourth-order valence-electron chi connectivity index (χ4n) is 11.8. The second-order valence-electron chi connectivity index (χ2n) is 19.6. The van der Waals surface area contributed by atoms with E-state index in [-0.39, 0.29) is 0 Å². The summed E-state index contributed by atoms with van der Waals surface area (Å²) < 4.78 is 6.95. The molecule has 3 nitrogen and oxygen atoms in total. The first-order chi connectivity index (χ1) is 37.2. The van der Waals surface area contributed by atoms with E-state index >= 15 is 0 Å². The van der Waals surface area contributed by atoms with Crippen LogP contribution in [0.25, 0.3) is 109 Å². The average molecular weight is 955 g/mol. The molecule has 1 aromatic heterocycles. The molecule has 0 radical (unpaired) electrons. The summed E-state index contributed by atoms with van der Waals surface area (Å²) in [6, 6.07) is 102. The number of hydrogen-bond donors (Lipinski definition) is 0. The molecular formula is C72H46N2O. The molecule has 15 aromatic rings. The molecule has 0 saturated heterocycles. The topological polar surface area (TPSA) is 19.6 Å². The molecular weight excluding hydrogens is 909 g/mol. The number of anilines is 6. The third-order valence-corrected chi connectivity index (χ3v) is 15.3. The fourth-order valence-corrected chi connectivity index (χ4v) is 11.8. The van der Waals surface area contributed by atoms with Crippen molar-refractivity contribution < 1.29 is 4.42 Å². The highest BCUT2D eigenvalue weighted by Gasteiger charge is 2.24. The lowest BCUT2D eigenvalue weighted by Crippen LogP contribution is -2.12. The molecule has 14 aromatic carbocycles. The Morgan fingerprint density at radius 2 is 0.573 bits per heavy atom. The largest absolute Gasteiger partial charge is 0.456 e. The Kier molecular flexibility index (Phi) is 9.89. The summed E-state index contributed by atoms with van der Waals surface area (Å²) in [5.74, 6) is 0. The zero-order chi connectivity index (χ0) is 49.4. The maximum atomic E-state index is 6.95. The van der Waals surface area contributed by atoms with E-state index in [0.717, 1.165) is 77.6 Å². The summed E-state index contributed by atoms with van der Waals surface area (Å²) in [6.07, 6.45) is 0. The summed E-state index contributed by atoms with van der Waals surface area (Å²) in [4.78, 5) is 4.90. The Balaban J connectivity index is 0.901. The molecule has 0 aliphatic heterocycles. The molecule has 350 valence electrons. The van der Waals surface area contributed by atoms with Crippen molar-refractivity contribution in [2.45, 2.75) is 0 Å². The highest BCUT2D eigenvalue weighted by Crippen LogP contribution is 2.49. The first-order valence-corrected chi connectivity index (χ1v) is 25.7. The minimum atomic E-state index is 0.860. The van der Waals surface area contributed by atoms with Gasteiger partial charge in [-0.15, -0.1) is 0 Å². The van der Waals surface area contributed by atoms with Crippen LogP contribution in [0.1, 0.15) is 0 Å². The van der Waals surface area contributed by atoms with E-state index in [9.17, 15) is 0 Å². The minimum Gasteiger partial charge on any atom is -0.456 e. The predicted molar refractivity (Wildman–Crippen MR) is 319 cm³/mol. The second-order valence-corrected chi connectivity index (χ2v) is 19.6. The van der Waals surface area contributed by atoms with Gasteiger partial charge in [0.2, 0.25) is 0 Å². The van der Waals surface area contributed by atoms with E-state index in [1.165, 1.54) is 65.3 Å². The van der Waals surface area contributed by atoms with Gasteiger partial charge < -0.3 is 14.2 Å². The van der Waals surface area contributed by atoms with E-state index in [0.29, 0.717) is 0 Å². The molecule has 0 fully saturated rings. The van der Waals surface area contributed by atoms with Crippen molar-refractivity contribution >= 4 is 121 Å². The average Bonchev–Trinajstić information content (AvgIpc) is 3.82. The van der Waals surface area contributed by atoms with Gasteiger partial charge in [0.1, 0.15) is 11.2 Å². The molecule has 0 amide bonds. The normalized spacial score (nSPS) is 11.7. The number of nitrogens with zero attached hydrogens (tertiary/aromatic N) is 2. The first kappa shape index (κ1) is 42.7. The molecule has 0 bridgehead atoms. The zero-order valence-corrected chi connectivity index (χ0v) is 40.9. The van der Waals surface area contributed by atoms with Gasteiger partial charge in [0.25, 0.3) is 0 Å². The molecule has 1 heterocycles. The van der Waals surface area contributed by atoms with Gasteiger partial charge in [-0.1, -0.05) is 206 Å². The van der Waals surface area contributed by atoms with Gasteiger partial charge in [-0.05, 0) is 138 Å². The highest BCUT2D eigenvalue weighted by molar-refractivity contribution is 6.16. The van der Waals surface area contributed by atoms with Gasteiger partial charge in [0.15, 0.2) is 0 Å². The Morgan fingerprint density at radius 3 is 1.01 bits per heavy atom. The number of rotatable bonds is 8. The molecule has 3 heteroatoms. The van der Waals surface area contributed by atoms with E-state index in [1.807, 2.05) is 0 Å². The quantitative estimate of drug-likeness (QED) is 0.151. The number of fused-ring (bicyclic) bond motifs is 9. The number of benzene rings is 14. The van der Waals surface area contributed by atoms with Crippen LogP contribution in [0.4, 0.5) is 34.1 Å². The first-order valence-electron chi connectivity index (χ1n) is 25.7. The number of hydrogen-bond acceptors (Lipinski definition) is 3. The molecule has 0 unspecified atom stereocenters. The van der Waals surface area contributed by atoms with Gasteiger partial charge in [0, 0.05) is 44.0 Å². The fraction of sp³-hybridized carbons (Fsp3) is 0. The standard InChI is InChI=1S/C72H46N2O/c1-3-21-51(22-4-1)71-61-29-13-9-19-49(61)35-39-67(71)73(65-31-15-25-47-17-7-11-27-59(47)65)57-37-33-53-43-63-64-44-54-34-38-58(42-56(54)46-70(64)75-69(63)45-55(53)41-57)74(66-32-16-26-48-18-8-12-28-60(48)66)68-40-36-50-20-10-14-30-62(50)72(68)52-23-5-2-6-24-52/h1-46H. The predicted octanol–water partition coefficient (Wildman–Crippen LogP) is 20.8. The van der Waals surface area contributed by atoms with Crippen molar-refractivity contribution in [2.75, 3.05) is 9.80 Å². The lowest BCUT2D eigenvalue weighted by Gasteiger charge is -2.30. The number of furan rings is 1. The highest BCUT2D eigenvalue weighted by atomic mass is 16.3. The molecule has 15 rings (SSSR count). The van der Waals surface area contributed by atoms with Crippen LogP contribution in [-0.4, -0.2) is 0 Å². The van der Waals surface area contributed by atoms with Crippen LogP contribution in [0.15, 0.2) is 283 Å². The van der Waals surface area contributed by atoms with E-state index in [1.54, 1.807) is 0 Å². The maximum Gasteiger partial charge on any atom is 0.136 e. The summed E-state index contributed by atoms with van der Waals surface area (Å²) in [5.41, 5.74) is 13.0. The SMILES string of the molecule is c1ccc(-c2c(N(c3ccc4cc5c(cc4c3)oc3cc4cc(N(c6ccc7ccccc7c6-c6ccccc6)c6cccc7ccccc67)ccc4cc35)c3cccc4ccccc34)ccc3ccccc23)cc1. The van der Waals surface area contributed by atoms with Crippen molar-refractivity contribution in [1.29, 1.82) is 0 Å².